The van der Waals surface area contributed by atoms with E-state index in [2.05, 4.69) is 33.8 Å². The molecule has 3 atom stereocenters. The van der Waals surface area contributed by atoms with Gasteiger partial charge in [0.1, 0.15) is 5.75 Å². The van der Waals surface area contributed by atoms with E-state index in [1.165, 1.54) is 18.4 Å². The number of hydrogen-bond donors (Lipinski definition) is 1. The highest BCUT2D eigenvalue weighted by atomic mass is 35.5. The third-order valence-electron chi connectivity index (χ3n) is 9.44. The first-order chi connectivity index (χ1) is 21.7. The van der Waals surface area contributed by atoms with E-state index >= 15 is 0 Å². The largest absolute Gasteiger partial charge is 0.489 e. The molecule has 2 saturated heterocycles. The zero-order valence-corrected chi connectivity index (χ0v) is 27.4. The number of ether oxygens (including phenoxy) is 1. The van der Waals surface area contributed by atoms with Gasteiger partial charge in [-0.1, -0.05) is 53.6 Å². The van der Waals surface area contributed by atoms with Crippen LogP contribution >= 0.6 is 11.6 Å². The van der Waals surface area contributed by atoms with Gasteiger partial charge in [-0.15, -0.1) is 0 Å². The maximum Gasteiger partial charge on any atom is 0.253 e. The molecule has 4 aromatic rings. The predicted octanol–water partition coefficient (Wildman–Crippen LogP) is 8.23. The van der Waals surface area contributed by atoms with Crippen molar-refractivity contribution in [2.45, 2.75) is 90.6 Å². The number of amides is 1. The zero-order valence-electron chi connectivity index (χ0n) is 26.6. The number of para-hydroxylation sites is 1. The van der Waals surface area contributed by atoms with Crippen molar-refractivity contribution >= 4 is 34.2 Å². The molecule has 0 saturated carbocycles. The van der Waals surface area contributed by atoms with E-state index in [4.69, 9.17) is 16.3 Å². The van der Waals surface area contributed by atoms with E-state index in [-0.39, 0.29) is 17.8 Å². The highest BCUT2D eigenvalue weighted by molar-refractivity contribution is 6.30. The van der Waals surface area contributed by atoms with Gasteiger partial charge in [0, 0.05) is 60.3 Å². The summed E-state index contributed by atoms with van der Waals surface area (Å²) in [6.07, 6.45) is 8.21. The number of benzene rings is 3. The second kappa shape index (κ2) is 13.8. The molecule has 0 spiro atoms. The van der Waals surface area contributed by atoms with Crippen LogP contribution in [0.2, 0.25) is 5.02 Å². The molecule has 2 fully saturated rings. The first-order valence-corrected chi connectivity index (χ1v) is 16.8. The number of halogens is 1. The molecule has 2 aliphatic rings. The Balaban J connectivity index is 1.12. The Morgan fingerprint density at radius 2 is 1.71 bits per heavy atom. The van der Waals surface area contributed by atoms with Crippen LogP contribution in [0.4, 0.5) is 0 Å². The minimum absolute atomic E-state index is 0.0287. The first-order valence-electron chi connectivity index (χ1n) is 16.4. The molecule has 1 unspecified atom stereocenters. The topological polar surface area (TPSA) is 63.6 Å². The summed E-state index contributed by atoms with van der Waals surface area (Å²) in [7, 11) is 0. The van der Waals surface area contributed by atoms with E-state index in [0.717, 1.165) is 60.1 Å². The zero-order chi connectivity index (χ0) is 31.5. The lowest BCUT2D eigenvalue weighted by atomic mass is 9.85. The van der Waals surface area contributed by atoms with Gasteiger partial charge in [0.05, 0.1) is 17.2 Å². The fourth-order valence-electron chi connectivity index (χ4n) is 7.49. The molecule has 1 amide bonds. The molecule has 236 valence electrons. The Morgan fingerprint density at radius 3 is 2.42 bits per heavy atom. The molecule has 45 heavy (non-hydrogen) atoms. The summed E-state index contributed by atoms with van der Waals surface area (Å²) in [5.41, 5.74) is 4.69. The normalized spacial score (nSPS) is 19.7. The average molecular weight is 626 g/mol. The van der Waals surface area contributed by atoms with Crippen molar-refractivity contribution in [2.24, 2.45) is 5.92 Å². The molecule has 2 aliphatic heterocycles. The van der Waals surface area contributed by atoms with Gasteiger partial charge in [-0.3, -0.25) is 14.5 Å². The fraction of sp³-hybridized carbons (Fsp3) is 0.421. The lowest BCUT2D eigenvalue weighted by Gasteiger charge is -2.39. The van der Waals surface area contributed by atoms with Crippen LogP contribution < -0.4 is 10.1 Å². The molecule has 0 radical (unpaired) electrons. The molecule has 7 heteroatoms. The Hall–Kier alpha value is -3.61. The maximum atomic E-state index is 13.5. The SMILES string of the molecule is Cc1cccc(CNC(=O)c2cn(CCCN3[C@@H]4CC[C@H]3CC(CC(=O)c3ccc(Cl)cc3)C4)c3c(OC(C)C)cccc23)c1. The number of carbonyl (C=O) groups is 2. The highest BCUT2D eigenvalue weighted by Gasteiger charge is 2.40. The van der Waals surface area contributed by atoms with Crippen molar-refractivity contribution < 1.29 is 14.3 Å². The van der Waals surface area contributed by atoms with Crippen molar-refractivity contribution in [3.63, 3.8) is 0 Å². The van der Waals surface area contributed by atoms with Crippen LogP contribution in [-0.2, 0) is 13.1 Å². The lowest BCUT2D eigenvalue weighted by Crippen LogP contribution is -2.43. The molecule has 2 bridgehead atoms. The monoisotopic (exact) mass is 625 g/mol. The Morgan fingerprint density at radius 1 is 0.978 bits per heavy atom. The fourth-order valence-corrected chi connectivity index (χ4v) is 7.62. The Kier molecular flexibility index (Phi) is 9.62. The smallest absolute Gasteiger partial charge is 0.253 e. The van der Waals surface area contributed by atoms with Crippen molar-refractivity contribution in [2.75, 3.05) is 6.54 Å². The number of aryl methyl sites for hydroxylation is 2. The van der Waals surface area contributed by atoms with Crippen molar-refractivity contribution in [3.05, 3.63) is 100 Å². The maximum absolute atomic E-state index is 13.5. The second-order valence-corrected chi connectivity index (χ2v) is 13.6. The molecule has 3 heterocycles. The highest BCUT2D eigenvalue weighted by Crippen LogP contribution is 2.40. The summed E-state index contributed by atoms with van der Waals surface area (Å²) in [4.78, 5) is 29.1. The standard InChI is InChI=1S/C38H44ClN3O3/c1-25(2)45-36-10-5-9-33-34(38(44)40-23-27-8-4-7-26(3)19-27)24-41(37(33)36)17-6-18-42-31-15-16-32(42)21-28(20-31)22-35(43)29-11-13-30(39)14-12-29/h4-5,7-14,19,24-25,28,31-32H,6,15-18,20-23H2,1-3H3,(H,40,44)/t28?,31-,32+. The second-order valence-electron chi connectivity index (χ2n) is 13.2. The van der Waals surface area contributed by atoms with Crippen LogP contribution in [-0.4, -0.2) is 45.9 Å². The van der Waals surface area contributed by atoms with Crippen LogP contribution in [0.1, 0.15) is 84.2 Å². The molecule has 0 aliphatic carbocycles. The number of nitrogens with zero attached hydrogens (tertiary/aromatic N) is 2. The van der Waals surface area contributed by atoms with Gasteiger partial charge in [-0.2, -0.15) is 0 Å². The Bertz CT molecular complexity index is 1650. The van der Waals surface area contributed by atoms with Crippen LogP contribution in [0.25, 0.3) is 10.9 Å². The summed E-state index contributed by atoms with van der Waals surface area (Å²) in [5.74, 6) is 1.40. The molecular weight excluding hydrogens is 582 g/mol. The van der Waals surface area contributed by atoms with E-state index in [0.29, 0.717) is 41.6 Å². The minimum atomic E-state index is -0.0739. The third-order valence-corrected chi connectivity index (χ3v) is 9.69. The van der Waals surface area contributed by atoms with Crippen molar-refractivity contribution in [1.82, 2.24) is 14.8 Å². The molecule has 1 aromatic heterocycles. The van der Waals surface area contributed by atoms with Crippen LogP contribution in [0.15, 0.2) is 72.9 Å². The van der Waals surface area contributed by atoms with E-state index < -0.39 is 0 Å². The number of ketones is 1. The summed E-state index contributed by atoms with van der Waals surface area (Å²) < 4.78 is 8.44. The van der Waals surface area contributed by atoms with Crippen LogP contribution in [0.3, 0.4) is 0 Å². The van der Waals surface area contributed by atoms with Gasteiger partial charge in [-0.05, 0) is 94.7 Å². The molecule has 3 aromatic carbocycles. The lowest BCUT2D eigenvalue weighted by molar-refractivity contribution is 0.0807. The van der Waals surface area contributed by atoms with Gasteiger partial charge in [0.25, 0.3) is 5.91 Å². The summed E-state index contributed by atoms with van der Waals surface area (Å²) in [6.45, 7) is 8.42. The Labute approximate surface area is 271 Å². The molecule has 1 N–H and O–H groups in total. The third kappa shape index (κ3) is 7.29. The number of piperidine rings is 1. The number of nitrogens with one attached hydrogen (secondary N) is 1. The number of rotatable bonds is 12. The number of hydrogen-bond acceptors (Lipinski definition) is 4. The molecule has 6 nitrogen and oxygen atoms in total. The van der Waals surface area contributed by atoms with Gasteiger partial charge in [0.15, 0.2) is 5.78 Å². The van der Waals surface area contributed by atoms with Crippen molar-refractivity contribution in [3.8, 4) is 5.75 Å². The predicted molar refractivity (Wildman–Crippen MR) is 181 cm³/mol. The molecular formula is C38H44ClN3O3. The first kappa shape index (κ1) is 31.4. The van der Waals surface area contributed by atoms with Crippen molar-refractivity contribution in [1.29, 1.82) is 0 Å². The quantitative estimate of drug-likeness (QED) is 0.161. The number of aromatic nitrogens is 1. The van der Waals surface area contributed by atoms with E-state index in [9.17, 15) is 9.59 Å². The van der Waals surface area contributed by atoms with Crippen LogP contribution in [0.5, 0.6) is 5.75 Å². The van der Waals surface area contributed by atoms with Gasteiger partial charge < -0.3 is 14.6 Å². The summed E-state index contributed by atoms with van der Waals surface area (Å²) >= 11 is 6.02. The van der Waals surface area contributed by atoms with Gasteiger partial charge >= 0.3 is 0 Å². The van der Waals surface area contributed by atoms with E-state index in [1.807, 2.05) is 62.5 Å². The number of carbonyl (C=O) groups excluding carboxylic acids is 2. The number of fused-ring (bicyclic) bond motifs is 3. The minimum Gasteiger partial charge on any atom is -0.489 e. The summed E-state index contributed by atoms with van der Waals surface area (Å²) in [5, 5.41) is 4.71. The summed E-state index contributed by atoms with van der Waals surface area (Å²) in [6, 6.07) is 22.6. The van der Waals surface area contributed by atoms with Gasteiger partial charge in [-0.25, -0.2) is 0 Å². The van der Waals surface area contributed by atoms with E-state index in [1.54, 1.807) is 12.1 Å². The van der Waals surface area contributed by atoms with Crippen LogP contribution in [0, 0.1) is 12.8 Å². The van der Waals surface area contributed by atoms with Gasteiger partial charge in [0.2, 0.25) is 0 Å². The molecule has 6 rings (SSSR count). The number of Topliss-reactive ketones (excluding diaryl/α,β-unsaturated/α-hetero) is 1. The average Bonchev–Trinajstić information content (AvgIpc) is 3.50.